The van der Waals surface area contributed by atoms with E-state index in [0.717, 1.165) is 12.8 Å². The summed E-state index contributed by atoms with van der Waals surface area (Å²) < 4.78 is 5.93. The standard InChI is InChI=1S/C20H20O/c1-3-7-17(8-4-1)11-13-20-14-12-19(16-21-20)15-18-9-5-2-6-10-18/h1-10,12,14-15,20H,11,13,16H2/b19-15+. The molecule has 0 saturated carbocycles. The van der Waals surface area contributed by atoms with Gasteiger partial charge in [-0.3, -0.25) is 0 Å². The van der Waals surface area contributed by atoms with Crippen LogP contribution in [0.1, 0.15) is 17.5 Å². The monoisotopic (exact) mass is 276 g/mol. The van der Waals surface area contributed by atoms with E-state index in [1.807, 2.05) is 6.07 Å². The van der Waals surface area contributed by atoms with E-state index in [-0.39, 0.29) is 6.10 Å². The molecule has 0 bridgehead atoms. The van der Waals surface area contributed by atoms with Crippen LogP contribution in [0.15, 0.2) is 78.4 Å². The maximum absolute atomic E-state index is 5.93. The molecule has 0 fully saturated rings. The lowest BCUT2D eigenvalue weighted by Crippen LogP contribution is -2.16. The van der Waals surface area contributed by atoms with Crippen LogP contribution in [0.5, 0.6) is 0 Å². The van der Waals surface area contributed by atoms with Gasteiger partial charge < -0.3 is 4.74 Å². The van der Waals surface area contributed by atoms with Crippen LogP contribution in [-0.4, -0.2) is 12.7 Å². The van der Waals surface area contributed by atoms with Crippen molar-refractivity contribution in [1.29, 1.82) is 0 Å². The zero-order valence-electron chi connectivity index (χ0n) is 12.1. The van der Waals surface area contributed by atoms with Crippen molar-refractivity contribution in [3.63, 3.8) is 0 Å². The number of ether oxygens (including phenoxy) is 1. The minimum atomic E-state index is 0.234. The number of aryl methyl sites for hydroxylation is 1. The van der Waals surface area contributed by atoms with Crippen LogP contribution in [0.25, 0.3) is 6.08 Å². The number of hydrogen-bond donors (Lipinski definition) is 0. The summed E-state index contributed by atoms with van der Waals surface area (Å²) >= 11 is 0. The van der Waals surface area contributed by atoms with E-state index in [1.165, 1.54) is 16.7 Å². The van der Waals surface area contributed by atoms with E-state index in [0.29, 0.717) is 6.61 Å². The van der Waals surface area contributed by atoms with E-state index in [4.69, 9.17) is 4.74 Å². The summed E-state index contributed by atoms with van der Waals surface area (Å²) in [6.45, 7) is 0.699. The van der Waals surface area contributed by atoms with E-state index < -0.39 is 0 Å². The molecule has 0 radical (unpaired) electrons. The Bertz CT molecular complexity index is 611. The Balaban J connectivity index is 1.56. The molecule has 2 aromatic carbocycles. The average Bonchev–Trinajstić information content (AvgIpc) is 2.56. The van der Waals surface area contributed by atoms with Crippen LogP contribution in [0.2, 0.25) is 0 Å². The summed E-state index contributed by atoms with van der Waals surface area (Å²) in [5.41, 5.74) is 3.83. The normalized spacial score (nSPS) is 19.8. The fraction of sp³-hybridized carbons (Fsp3) is 0.200. The fourth-order valence-corrected chi connectivity index (χ4v) is 2.52. The summed E-state index contributed by atoms with van der Waals surface area (Å²) in [5, 5.41) is 0. The van der Waals surface area contributed by atoms with Crippen LogP contribution in [-0.2, 0) is 11.2 Å². The highest BCUT2D eigenvalue weighted by Gasteiger charge is 2.11. The summed E-state index contributed by atoms with van der Waals surface area (Å²) in [4.78, 5) is 0. The predicted octanol–water partition coefficient (Wildman–Crippen LogP) is 4.66. The minimum absolute atomic E-state index is 0.234. The van der Waals surface area contributed by atoms with Crippen molar-refractivity contribution in [2.75, 3.05) is 6.61 Å². The Morgan fingerprint density at radius 1 is 0.952 bits per heavy atom. The van der Waals surface area contributed by atoms with Crippen molar-refractivity contribution in [2.24, 2.45) is 0 Å². The molecule has 106 valence electrons. The first-order chi connectivity index (χ1) is 10.4. The van der Waals surface area contributed by atoms with Gasteiger partial charge in [0.1, 0.15) is 0 Å². The third-order valence-corrected chi connectivity index (χ3v) is 3.70. The molecule has 0 aromatic heterocycles. The predicted molar refractivity (Wildman–Crippen MR) is 88.1 cm³/mol. The molecule has 0 spiro atoms. The van der Waals surface area contributed by atoms with Crippen molar-refractivity contribution in [3.05, 3.63) is 89.5 Å². The van der Waals surface area contributed by atoms with Crippen LogP contribution in [0.4, 0.5) is 0 Å². The maximum atomic E-state index is 5.93. The molecular weight excluding hydrogens is 256 g/mol. The summed E-state index contributed by atoms with van der Waals surface area (Å²) in [6, 6.07) is 21.0. The molecule has 1 aliphatic heterocycles. The highest BCUT2D eigenvalue weighted by Crippen LogP contribution is 2.17. The maximum Gasteiger partial charge on any atom is 0.0766 e. The van der Waals surface area contributed by atoms with Crippen molar-refractivity contribution in [1.82, 2.24) is 0 Å². The first-order valence-electron chi connectivity index (χ1n) is 7.49. The van der Waals surface area contributed by atoms with Gasteiger partial charge in [-0.1, -0.05) is 72.8 Å². The first kappa shape index (κ1) is 13.8. The lowest BCUT2D eigenvalue weighted by molar-refractivity contribution is 0.0936. The number of rotatable bonds is 4. The third-order valence-electron chi connectivity index (χ3n) is 3.70. The Hall–Kier alpha value is -2.12. The lowest BCUT2D eigenvalue weighted by atomic mass is 10.0. The van der Waals surface area contributed by atoms with Gasteiger partial charge in [0.2, 0.25) is 0 Å². The Morgan fingerprint density at radius 2 is 1.67 bits per heavy atom. The van der Waals surface area contributed by atoms with Crippen molar-refractivity contribution in [2.45, 2.75) is 18.9 Å². The quantitative estimate of drug-likeness (QED) is 0.789. The molecule has 0 amide bonds. The van der Waals surface area contributed by atoms with Gasteiger partial charge in [-0.15, -0.1) is 0 Å². The number of benzene rings is 2. The van der Waals surface area contributed by atoms with Gasteiger partial charge in [0.05, 0.1) is 12.7 Å². The van der Waals surface area contributed by atoms with Gasteiger partial charge in [-0.05, 0) is 35.6 Å². The van der Waals surface area contributed by atoms with Crippen LogP contribution in [0, 0.1) is 0 Å². The minimum Gasteiger partial charge on any atom is -0.369 e. The van der Waals surface area contributed by atoms with Gasteiger partial charge in [-0.2, -0.15) is 0 Å². The topological polar surface area (TPSA) is 9.23 Å². The second kappa shape index (κ2) is 7.05. The van der Waals surface area contributed by atoms with E-state index in [2.05, 4.69) is 72.8 Å². The number of hydrogen-bond acceptors (Lipinski definition) is 1. The molecular formula is C20H20O. The van der Waals surface area contributed by atoms with Gasteiger partial charge in [-0.25, -0.2) is 0 Å². The zero-order chi connectivity index (χ0) is 14.3. The summed E-state index contributed by atoms with van der Waals surface area (Å²) in [6.07, 6.45) is 8.91. The Kier molecular flexibility index (Phi) is 4.65. The third kappa shape index (κ3) is 4.17. The van der Waals surface area contributed by atoms with Gasteiger partial charge in [0.25, 0.3) is 0 Å². The molecule has 1 unspecified atom stereocenters. The van der Waals surface area contributed by atoms with E-state index >= 15 is 0 Å². The van der Waals surface area contributed by atoms with Crippen LogP contribution >= 0.6 is 0 Å². The molecule has 1 aliphatic rings. The summed E-state index contributed by atoms with van der Waals surface area (Å²) in [5.74, 6) is 0. The van der Waals surface area contributed by atoms with Gasteiger partial charge in [0.15, 0.2) is 0 Å². The molecule has 1 atom stereocenters. The lowest BCUT2D eigenvalue weighted by Gasteiger charge is -2.19. The van der Waals surface area contributed by atoms with Crippen LogP contribution < -0.4 is 0 Å². The molecule has 0 saturated heterocycles. The smallest absolute Gasteiger partial charge is 0.0766 e. The highest BCUT2D eigenvalue weighted by atomic mass is 16.5. The zero-order valence-corrected chi connectivity index (χ0v) is 12.1. The highest BCUT2D eigenvalue weighted by molar-refractivity contribution is 5.56. The first-order valence-corrected chi connectivity index (χ1v) is 7.49. The molecule has 1 heteroatoms. The molecule has 3 rings (SSSR count). The molecule has 1 nitrogen and oxygen atoms in total. The van der Waals surface area contributed by atoms with Crippen molar-refractivity contribution in [3.8, 4) is 0 Å². The average molecular weight is 276 g/mol. The van der Waals surface area contributed by atoms with Crippen LogP contribution in [0.3, 0.4) is 0 Å². The van der Waals surface area contributed by atoms with Gasteiger partial charge >= 0.3 is 0 Å². The van der Waals surface area contributed by atoms with Crippen molar-refractivity contribution < 1.29 is 4.74 Å². The Labute approximate surface area is 126 Å². The molecule has 0 N–H and O–H groups in total. The molecule has 0 aliphatic carbocycles. The largest absolute Gasteiger partial charge is 0.369 e. The molecule has 21 heavy (non-hydrogen) atoms. The summed E-state index contributed by atoms with van der Waals surface area (Å²) in [7, 11) is 0. The SMILES string of the molecule is C1=CC(CCc2ccccc2)OC/C1=C/c1ccccc1. The second-order valence-corrected chi connectivity index (χ2v) is 5.36. The van der Waals surface area contributed by atoms with E-state index in [1.54, 1.807) is 0 Å². The van der Waals surface area contributed by atoms with Gasteiger partial charge in [0, 0.05) is 0 Å². The fourth-order valence-electron chi connectivity index (χ4n) is 2.52. The molecule has 2 aromatic rings. The molecule has 1 heterocycles. The Morgan fingerprint density at radius 3 is 2.33 bits per heavy atom. The van der Waals surface area contributed by atoms with Crippen molar-refractivity contribution >= 4 is 6.08 Å². The van der Waals surface area contributed by atoms with E-state index in [9.17, 15) is 0 Å². The second-order valence-electron chi connectivity index (χ2n) is 5.36.